The molecule has 1 fully saturated rings. The van der Waals surface area contributed by atoms with Crippen LogP contribution in [0, 0.1) is 0 Å². The second kappa shape index (κ2) is 1.78. The van der Waals surface area contributed by atoms with Crippen LogP contribution in [0.4, 0.5) is 0 Å². The van der Waals surface area contributed by atoms with Gasteiger partial charge in [0.15, 0.2) is 5.88 Å². The summed E-state index contributed by atoms with van der Waals surface area (Å²) in [4.78, 5) is 1.97. The van der Waals surface area contributed by atoms with E-state index in [2.05, 4.69) is 13.2 Å². The molecule has 0 unspecified atom stereocenters. The minimum Gasteiger partial charge on any atom is -0.444 e. The molecule has 56 valence electrons. The van der Waals surface area contributed by atoms with E-state index >= 15 is 0 Å². The zero-order valence-corrected chi connectivity index (χ0v) is 6.77. The van der Waals surface area contributed by atoms with Gasteiger partial charge in [0.2, 0.25) is 0 Å². The Balaban J connectivity index is 2.96. The van der Waals surface area contributed by atoms with E-state index < -0.39 is 0 Å². The highest BCUT2D eigenvalue weighted by Gasteiger charge is 2.36. The van der Waals surface area contributed by atoms with Crippen molar-refractivity contribution in [3.63, 3.8) is 0 Å². The largest absolute Gasteiger partial charge is 0.444 e. The lowest BCUT2D eigenvalue weighted by atomic mass is 10.0. The van der Waals surface area contributed by atoms with E-state index in [-0.39, 0.29) is 5.54 Å². The van der Waals surface area contributed by atoms with Crippen LogP contribution in [0.1, 0.15) is 13.8 Å². The Kier molecular flexibility index (Phi) is 1.28. The van der Waals surface area contributed by atoms with E-state index in [1.165, 1.54) is 0 Å². The molecule has 2 nitrogen and oxygen atoms in total. The van der Waals surface area contributed by atoms with Crippen LogP contribution in [0.15, 0.2) is 24.8 Å². The van der Waals surface area contributed by atoms with Crippen molar-refractivity contribution in [2.45, 2.75) is 19.4 Å². The maximum Gasteiger partial charge on any atom is 0.188 e. The second-order valence-electron chi connectivity index (χ2n) is 3.04. The number of likely N-dealkylation sites (N-methyl/N-ethyl adjacent to an activating group) is 1. The molecule has 1 aliphatic rings. The van der Waals surface area contributed by atoms with Crippen LogP contribution in [0.3, 0.4) is 0 Å². The van der Waals surface area contributed by atoms with Gasteiger partial charge in [-0.25, -0.2) is 0 Å². The fraction of sp³-hybridized carbons (Fsp3) is 0.500. The summed E-state index contributed by atoms with van der Waals surface area (Å²) < 4.78 is 5.23. The molecule has 0 N–H and O–H groups in total. The maximum atomic E-state index is 5.23. The smallest absolute Gasteiger partial charge is 0.188 e. The van der Waals surface area contributed by atoms with Gasteiger partial charge in [0.25, 0.3) is 0 Å². The average molecular weight is 139 g/mol. The van der Waals surface area contributed by atoms with Gasteiger partial charge < -0.3 is 9.64 Å². The Morgan fingerprint density at radius 3 is 2.00 bits per heavy atom. The van der Waals surface area contributed by atoms with Crippen molar-refractivity contribution >= 4 is 0 Å². The highest BCUT2D eigenvalue weighted by atomic mass is 16.5. The number of ether oxygens (including phenoxy) is 1. The first-order valence-electron chi connectivity index (χ1n) is 3.26. The van der Waals surface area contributed by atoms with Gasteiger partial charge in [-0.05, 0) is 20.4 Å². The normalized spacial score (nSPS) is 23.3. The Bertz CT molecular complexity index is 193. The Hall–Kier alpha value is -0.920. The molecule has 0 aromatic carbocycles. The van der Waals surface area contributed by atoms with Crippen molar-refractivity contribution in [2.24, 2.45) is 0 Å². The summed E-state index contributed by atoms with van der Waals surface area (Å²) >= 11 is 0. The van der Waals surface area contributed by atoms with Gasteiger partial charge in [0.05, 0.1) is 5.54 Å². The summed E-state index contributed by atoms with van der Waals surface area (Å²) in [6, 6.07) is 0. The maximum absolute atomic E-state index is 5.23. The highest BCUT2D eigenvalue weighted by molar-refractivity contribution is 5.17. The predicted octanol–water partition coefficient (Wildman–Crippen LogP) is 1.71. The molecule has 0 amide bonds. The first-order chi connectivity index (χ1) is 4.46. The Morgan fingerprint density at radius 2 is 1.90 bits per heavy atom. The third-order valence-electron chi connectivity index (χ3n) is 2.14. The van der Waals surface area contributed by atoms with Crippen molar-refractivity contribution < 1.29 is 4.74 Å². The van der Waals surface area contributed by atoms with Crippen molar-refractivity contribution in [3.8, 4) is 0 Å². The number of rotatable bonds is 0. The van der Waals surface area contributed by atoms with Crippen LogP contribution in [-0.2, 0) is 4.74 Å². The third kappa shape index (κ3) is 0.719. The van der Waals surface area contributed by atoms with Crippen molar-refractivity contribution in [1.82, 2.24) is 4.90 Å². The number of hydrogen-bond donors (Lipinski definition) is 0. The van der Waals surface area contributed by atoms with Crippen LogP contribution in [-0.4, -0.2) is 17.5 Å². The van der Waals surface area contributed by atoms with Crippen molar-refractivity contribution in [2.75, 3.05) is 7.05 Å². The highest BCUT2D eigenvalue weighted by Crippen LogP contribution is 2.34. The molecule has 1 heterocycles. The van der Waals surface area contributed by atoms with Crippen LogP contribution < -0.4 is 0 Å². The molecule has 0 spiro atoms. The lowest BCUT2D eigenvalue weighted by Gasteiger charge is -2.25. The summed E-state index contributed by atoms with van der Waals surface area (Å²) in [6.07, 6.45) is 0. The van der Waals surface area contributed by atoms with Crippen LogP contribution in [0.2, 0.25) is 0 Å². The summed E-state index contributed by atoms with van der Waals surface area (Å²) in [5, 5.41) is 0. The predicted molar refractivity (Wildman–Crippen MR) is 41.2 cm³/mol. The van der Waals surface area contributed by atoms with Gasteiger partial charge in [-0.3, -0.25) is 0 Å². The van der Waals surface area contributed by atoms with E-state index in [9.17, 15) is 0 Å². The van der Waals surface area contributed by atoms with Crippen LogP contribution in [0.5, 0.6) is 0 Å². The van der Waals surface area contributed by atoms with E-state index in [1.807, 2.05) is 25.8 Å². The fourth-order valence-corrected chi connectivity index (χ4v) is 0.834. The molecule has 0 saturated carbocycles. The average Bonchev–Trinajstić information content (AvgIpc) is 1.97. The molecule has 0 aromatic heterocycles. The summed E-state index contributed by atoms with van der Waals surface area (Å²) in [6.45, 7) is 11.6. The number of hydrogen-bond acceptors (Lipinski definition) is 2. The minimum absolute atomic E-state index is 0.100. The standard InChI is InChI=1S/C8H13NO/c1-6-8(3,4)9(5)7(2)10-6/h1-2H2,3-5H3. The van der Waals surface area contributed by atoms with Crippen molar-refractivity contribution in [1.29, 1.82) is 0 Å². The molecule has 0 aromatic rings. The summed E-state index contributed by atoms with van der Waals surface area (Å²) in [7, 11) is 1.94. The quantitative estimate of drug-likeness (QED) is 0.506. The molecule has 2 heteroatoms. The van der Waals surface area contributed by atoms with E-state index in [1.54, 1.807) is 0 Å². The first-order valence-corrected chi connectivity index (χ1v) is 3.26. The molecule has 10 heavy (non-hydrogen) atoms. The second-order valence-corrected chi connectivity index (χ2v) is 3.04. The zero-order chi connectivity index (χ0) is 7.94. The number of nitrogens with zero attached hydrogens (tertiary/aromatic N) is 1. The lowest BCUT2D eigenvalue weighted by molar-refractivity contribution is 0.267. The molecule has 1 aliphatic heterocycles. The monoisotopic (exact) mass is 139 g/mol. The van der Waals surface area contributed by atoms with E-state index in [0.717, 1.165) is 5.76 Å². The topological polar surface area (TPSA) is 12.5 Å². The van der Waals surface area contributed by atoms with Gasteiger partial charge in [-0.15, -0.1) is 0 Å². The minimum atomic E-state index is -0.100. The lowest BCUT2D eigenvalue weighted by Crippen LogP contribution is -2.34. The first kappa shape index (κ1) is 7.19. The molecule has 1 rings (SSSR count). The van der Waals surface area contributed by atoms with Gasteiger partial charge >= 0.3 is 0 Å². The molecule has 1 saturated heterocycles. The fourth-order valence-electron chi connectivity index (χ4n) is 0.834. The van der Waals surface area contributed by atoms with E-state index in [4.69, 9.17) is 4.74 Å². The Labute approximate surface area is 61.8 Å². The molecule has 0 aliphatic carbocycles. The van der Waals surface area contributed by atoms with Gasteiger partial charge in [-0.2, -0.15) is 0 Å². The molecular formula is C8H13NO. The van der Waals surface area contributed by atoms with Gasteiger partial charge in [0.1, 0.15) is 5.76 Å². The Morgan fingerprint density at radius 1 is 1.40 bits per heavy atom. The molecule has 0 radical (unpaired) electrons. The van der Waals surface area contributed by atoms with E-state index in [0.29, 0.717) is 5.88 Å². The van der Waals surface area contributed by atoms with Gasteiger partial charge in [-0.1, -0.05) is 6.58 Å². The molecule has 0 atom stereocenters. The molecular weight excluding hydrogens is 126 g/mol. The van der Waals surface area contributed by atoms with Crippen molar-refractivity contribution in [3.05, 3.63) is 24.8 Å². The molecule has 0 bridgehead atoms. The van der Waals surface area contributed by atoms with Gasteiger partial charge in [0, 0.05) is 7.05 Å². The SMILES string of the molecule is C=C1OC(=C)C(C)(C)N1C. The zero-order valence-electron chi connectivity index (χ0n) is 6.77. The summed E-state index contributed by atoms with van der Waals surface area (Å²) in [5.41, 5.74) is -0.100. The summed E-state index contributed by atoms with van der Waals surface area (Å²) in [5.74, 6) is 1.44. The van der Waals surface area contributed by atoms with Crippen LogP contribution >= 0.6 is 0 Å². The third-order valence-corrected chi connectivity index (χ3v) is 2.14. The van der Waals surface area contributed by atoms with Crippen LogP contribution in [0.25, 0.3) is 0 Å².